The zero-order valence-electron chi connectivity index (χ0n) is 10.0. The maximum absolute atomic E-state index is 11.7. The minimum absolute atomic E-state index is 0.0925. The normalized spacial score (nSPS) is 25.1. The van der Waals surface area contributed by atoms with Crippen molar-refractivity contribution < 1.29 is 8.95 Å². The van der Waals surface area contributed by atoms with E-state index in [0.717, 1.165) is 31.9 Å². The maximum atomic E-state index is 11.7. The summed E-state index contributed by atoms with van der Waals surface area (Å²) in [4.78, 5) is 0. The van der Waals surface area contributed by atoms with Crippen molar-refractivity contribution in [1.82, 2.24) is 5.32 Å². The van der Waals surface area contributed by atoms with E-state index in [1.54, 1.807) is 0 Å². The molecule has 1 heterocycles. The van der Waals surface area contributed by atoms with Gasteiger partial charge in [-0.2, -0.15) is 0 Å². The van der Waals surface area contributed by atoms with E-state index in [0.29, 0.717) is 6.04 Å². The van der Waals surface area contributed by atoms with Gasteiger partial charge in [-0.25, -0.2) is 0 Å². The Hall–Kier alpha value is 0.0700. The third-order valence-corrected chi connectivity index (χ3v) is 4.50. The van der Waals surface area contributed by atoms with Crippen molar-refractivity contribution in [2.75, 3.05) is 25.5 Å². The molecule has 0 radical (unpaired) electrons. The minimum atomic E-state index is -0.745. The van der Waals surface area contributed by atoms with E-state index in [-0.39, 0.29) is 4.75 Å². The van der Waals surface area contributed by atoms with Crippen molar-refractivity contribution in [3.8, 4) is 0 Å². The molecule has 4 heteroatoms. The van der Waals surface area contributed by atoms with Crippen molar-refractivity contribution in [1.29, 1.82) is 0 Å². The van der Waals surface area contributed by atoms with E-state index in [4.69, 9.17) is 4.74 Å². The highest BCUT2D eigenvalue weighted by atomic mass is 32.2. The molecule has 15 heavy (non-hydrogen) atoms. The van der Waals surface area contributed by atoms with E-state index in [2.05, 4.69) is 5.32 Å². The van der Waals surface area contributed by atoms with E-state index < -0.39 is 10.8 Å². The van der Waals surface area contributed by atoms with Crippen LogP contribution in [0.15, 0.2) is 0 Å². The lowest BCUT2D eigenvalue weighted by Gasteiger charge is -2.24. The van der Waals surface area contributed by atoms with Crippen molar-refractivity contribution in [3.05, 3.63) is 0 Å². The molecule has 2 unspecified atom stereocenters. The molecular formula is C11H23NO2S. The van der Waals surface area contributed by atoms with Gasteiger partial charge in [0.2, 0.25) is 0 Å². The standard InChI is InChI=1S/C11H23NO2S/c1-11(2,3)15(13)8-6-12-10-5-4-7-14-9-10/h10,12H,4-9H2,1-3H3. The van der Waals surface area contributed by atoms with E-state index in [1.807, 2.05) is 20.8 Å². The summed E-state index contributed by atoms with van der Waals surface area (Å²) < 4.78 is 17.0. The Morgan fingerprint density at radius 1 is 1.47 bits per heavy atom. The summed E-state index contributed by atoms with van der Waals surface area (Å²) >= 11 is 0. The highest BCUT2D eigenvalue weighted by Crippen LogP contribution is 2.11. The molecule has 1 aliphatic heterocycles. The van der Waals surface area contributed by atoms with Crippen LogP contribution in [0.25, 0.3) is 0 Å². The highest BCUT2D eigenvalue weighted by molar-refractivity contribution is 7.86. The Balaban J connectivity index is 2.12. The maximum Gasteiger partial charge on any atom is 0.0619 e. The number of rotatable bonds is 4. The molecule has 1 aliphatic rings. The van der Waals surface area contributed by atoms with Gasteiger partial charge in [0, 0.05) is 40.5 Å². The topological polar surface area (TPSA) is 38.3 Å². The first-order valence-electron chi connectivity index (χ1n) is 5.70. The Kier molecular flexibility index (Phi) is 5.23. The lowest BCUT2D eigenvalue weighted by atomic mass is 10.1. The van der Waals surface area contributed by atoms with Gasteiger partial charge in [-0.1, -0.05) is 0 Å². The van der Waals surface area contributed by atoms with Gasteiger partial charge in [0.1, 0.15) is 0 Å². The molecule has 2 atom stereocenters. The fourth-order valence-corrected chi connectivity index (χ4v) is 2.48. The van der Waals surface area contributed by atoms with Gasteiger partial charge in [-0.3, -0.25) is 4.21 Å². The van der Waals surface area contributed by atoms with Crippen LogP contribution in [0.2, 0.25) is 0 Å². The van der Waals surface area contributed by atoms with Gasteiger partial charge >= 0.3 is 0 Å². The minimum Gasteiger partial charge on any atom is -0.380 e. The number of nitrogens with one attached hydrogen (secondary N) is 1. The fourth-order valence-electron chi connectivity index (χ4n) is 1.56. The molecule has 90 valence electrons. The van der Waals surface area contributed by atoms with E-state index in [9.17, 15) is 4.21 Å². The largest absolute Gasteiger partial charge is 0.380 e. The Labute approximate surface area is 95.4 Å². The summed E-state index contributed by atoms with van der Waals surface area (Å²) in [7, 11) is -0.745. The third-order valence-electron chi connectivity index (χ3n) is 2.56. The van der Waals surface area contributed by atoms with Crippen LogP contribution in [0.4, 0.5) is 0 Å². The first kappa shape index (κ1) is 13.1. The second-order valence-electron chi connectivity index (χ2n) is 5.03. The van der Waals surface area contributed by atoms with Crippen LogP contribution in [0.1, 0.15) is 33.6 Å². The summed E-state index contributed by atoms with van der Waals surface area (Å²) in [5.41, 5.74) is 0. The Bertz CT molecular complexity index is 207. The van der Waals surface area contributed by atoms with E-state index in [1.165, 1.54) is 6.42 Å². The monoisotopic (exact) mass is 233 g/mol. The zero-order valence-corrected chi connectivity index (χ0v) is 10.9. The van der Waals surface area contributed by atoms with E-state index >= 15 is 0 Å². The molecule has 0 aromatic heterocycles. The summed E-state index contributed by atoms with van der Waals surface area (Å²) in [5.74, 6) is 0.736. The molecule has 0 aliphatic carbocycles. The average molecular weight is 233 g/mol. The summed E-state index contributed by atoms with van der Waals surface area (Å²) in [6.07, 6.45) is 2.32. The highest BCUT2D eigenvalue weighted by Gasteiger charge is 2.19. The summed E-state index contributed by atoms with van der Waals surface area (Å²) in [5, 5.41) is 3.41. The molecule has 1 N–H and O–H groups in total. The SMILES string of the molecule is CC(C)(C)S(=O)CCNC1CCCOC1. The molecule has 0 aromatic carbocycles. The van der Waals surface area contributed by atoms with Crippen molar-refractivity contribution >= 4 is 10.8 Å². The van der Waals surface area contributed by atoms with Crippen LogP contribution >= 0.6 is 0 Å². The first-order chi connectivity index (χ1) is 7.00. The second kappa shape index (κ2) is 5.97. The second-order valence-corrected chi connectivity index (χ2v) is 7.35. The Morgan fingerprint density at radius 2 is 2.20 bits per heavy atom. The van der Waals surface area contributed by atoms with Gasteiger partial charge in [0.05, 0.1) is 6.61 Å². The Morgan fingerprint density at radius 3 is 2.73 bits per heavy atom. The predicted octanol–water partition coefficient (Wildman–Crippen LogP) is 1.30. The first-order valence-corrected chi connectivity index (χ1v) is 7.01. The van der Waals surface area contributed by atoms with Crippen molar-refractivity contribution in [2.24, 2.45) is 0 Å². The third kappa shape index (κ3) is 5.09. The summed E-state index contributed by atoms with van der Waals surface area (Å²) in [6.45, 7) is 8.60. The molecule has 1 fully saturated rings. The van der Waals surface area contributed by atoms with Gasteiger partial charge in [0.25, 0.3) is 0 Å². The lowest BCUT2D eigenvalue weighted by molar-refractivity contribution is 0.0712. The predicted molar refractivity (Wildman–Crippen MR) is 64.6 cm³/mol. The average Bonchev–Trinajstić information content (AvgIpc) is 2.18. The molecule has 0 amide bonds. The number of hydrogen-bond acceptors (Lipinski definition) is 3. The molecule has 3 nitrogen and oxygen atoms in total. The molecule has 0 bridgehead atoms. The molecule has 0 aromatic rings. The molecule has 0 spiro atoms. The van der Waals surface area contributed by atoms with Crippen LogP contribution in [0, 0.1) is 0 Å². The van der Waals surface area contributed by atoms with Gasteiger partial charge in [-0.05, 0) is 33.6 Å². The molecule has 1 rings (SSSR count). The zero-order chi connectivity index (χ0) is 11.3. The van der Waals surface area contributed by atoms with Gasteiger partial charge in [-0.15, -0.1) is 0 Å². The fraction of sp³-hybridized carbons (Fsp3) is 1.00. The number of hydrogen-bond donors (Lipinski definition) is 1. The van der Waals surface area contributed by atoms with Crippen LogP contribution in [0.3, 0.4) is 0 Å². The smallest absolute Gasteiger partial charge is 0.0619 e. The molecule has 1 saturated heterocycles. The molecular weight excluding hydrogens is 210 g/mol. The van der Waals surface area contributed by atoms with Gasteiger partial charge in [0.15, 0.2) is 0 Å². The van der Waals surface area contributed by atoms with Crippen LogP contribution in [-0.4, -0.2) is 40.5 Å². The number of ether oxygens (including phenoxy) is 1. The summed E-state index contributed by atoms with van der Waals surface area (Å²) in [6, 6.07) is 0.468. The van der Waals surface area contributed by atoms with Gasteiger partial charge < -0.3 is 10.1 Å². The quantitative estimate of drug-likeness (QED) is 0.795. The van der Waals surface area contributed by atoms with Crippen LogP contribution < -0.4 is 5.32 Å². The van der Waals surface area contributed by atoms with Crippen molar-refractivity contribution in [3.63, 3.8) is 0 Å². The lowest BCUT2D eigenvalue weighted by Crippen LogP contribution is -2.40. The van der Waals surface area contributed by atoms with Crippen LogP contribution in [0.5, 0.6) is 0 Å². The molecule has 0 saturated carbocycles. The van der Waals surface area contributed by atoms with Crippen LogP contribution in [-0.2, 0) is 15.5 Å². The van der Waals surface area contributed by atoms with Crippen molar-refractivity contribution in [2.45, 2.75) is 44.4 Å².